The zero-order chi connectivity index (χ0) is 10.8. The third kappa shape index (κ3) is 2.39. The summed E-state index contributed by atoms with van der Waals surface area (Å²) in [4.78, 5) is 0. The number of hydrogen-bond donors (Lipinski definition) is 0. The Morgan fingerprint density at radius 1 is 1.20 bits per heavy atom. The third-order valence-electron chi connectivity index (χ3n) is 2.71. The van der Waals surface area contributed by atoms with E-state index in [1.807, 2.05) is 6.92 Å². The first-order valence-corrected chi connectivity index (χ1v) is 5.53. The van der Waals surface area contributed by atoms with E-state index in [4.69, 9.17) is 9.47 Å². The Labute approximate surface area is 91.2 Å². The molecule has 0 bridgehead atoms. The lowest BCUT2D eigenvalue weighted by Gasteiger charge is -2.11. The number of benzene rings is 1. The monoisotopic (exact) mass is 206 g/mol. The van der Waals surface area contributed by atoms with Crippen molar-refractivity contribution < 1.29 is 9.47 Å². The molecule has 0 radical (unpaired) electrons. The molecule has 2 heteroatoms. The first-order chi connectivity index (χ1) is 7.16. The van der Waals surface area contributed by atoms with Gasteiger partial charge in [-0.05, 0) is 18.4 Å². The fourth-order valence-corrected chi connectivity index (χ4v) is 1.73. The van der Waals surface area contributed by atoms with Crippen LogP contribution in [-0.2, 0) is 9.47 Å². The summed E-state index contributed by atoms with van der Waals surface area (Å²) in [5.41, 5.74) is 2.47. The number of hydrogen-bond acceptors (Lipinski definition) is 2. The van der Waals surface area contributed by atoms with Crippen molar-refractivity contribution >= 4 is 0 Å². The van der Waals surface area contributed by atoms with E-state index < -0.39 is 0 Å². The van der Waals surface area contributed by atoms with Gasteiger partial charge in [0.05, 0.1) is 12.7 Å². The maximum absolute atomic E-state index is 5.63. The van der Waals surface area contributed by atoms with Gasteiger partial charge in [0.25, 0.3) is 0 Å². The van der Waals surface area contributed by atoms with E-state index in [0.717, 1.165) is 5.56 Å². The lowest BCUT2D eigenvalue weighted by atomic mass is 10.0. The maximum Gasteiger partial charge on any atom is 0.184 e. The molecule has 0 spiro atoms. The molecule has 2 atom stereocenters. The first-order valence-electron chi connectivity index (χ1n) is 5.53. The van der Waals surface area contributed by atoms with Crippen molar-refractivity contribution in [3.8, 4) is 0 Å². The van der Waals surface area contributed by atoms with Gasteiger partial charge in [-0.2, -0.15) is 0 Å². The average molecular weight is 206 g/mol. The predicted octanol–water partition coefficient (Wildman–Crippen LogP) is 3.24. The van der Waals surface area contributed by atoms with Crippen LogP contribution >= 0.6 is 0 Å². The van der Waals surface area contributed by atoms with Gasteiger partial charge in [0, 0.05) is 5.56 Å². The molecule has 2 unspecified atom stereocenters. The molecular formula is C13H18O2. The maximum atomic E-state index is 5.63. The van der Waals surface area contributed by atoms with Gasteiger partial charge >= 0.3 is 0 Å². The second-order valence-electron chi connectivity index (χ2n) is 4.43. The molecule has 15 heavy (non-hydrogen) atoms. The van der Waals surface area contributed by atoms with Gasteiger partial charge in [-0.3, -0.25) is 0 Å². The Balaban J connectivity index is 2.10. The summed E-state index contributed by atoms with van der Waals surface area (Å²) in [6.45, 7) is 7.11. The average Bonchev–Trinajstić information content (AvgIpc) is 2.65. The van der Waals surface area contributed by atoms with Crippen molar-refractivity contribution in [2.45, 2.75) is 39.1 Å². The zero-order valence-electron chi connectivity index (χ0n) is 9.57. The van der Waals surface area contributed by atoms with Crippen molar-refractivity contribution in [3.63, 3.8) is 0 Å². The normalized spacial score (nSPS) is 26.1. The highest BCUT2D eigenvalue weighted by atomic mass is 16.7. The summed E-state index contributed by atoms with van der Waals surface area (Å²) in [6.07, 6.45) is 0.0426. The van der Waals surface area contributed by atoms with Gasteiger partial charge in [0.2, 0.25) is 0 Å². The lowest BCUT2D eigenvalue weighted by Crippen LogP contribution is -2.02. The van der Waals surface area contributed by atoms with E-state index in [1.165, 1.54) is 5.56 Å². The minimum Gasteiger partial charge on any atom is -0.346 e. The molecule has 1 aromatic rings. The number of ether oxygens (including phenoxy) is 2. The van der Waals surface area contributed by atoms with Crippen LogP contribution in [0.15, 0.2) is 24.3 Å². The Bertz CT molecular complexity index is 316. The summed E-state index contributed by atoms with van der Waals surface area (Å²) in [7, 11) is 0. The fraction of sp³-hybridized carbons (Fsp3) is 0.538. The van der Waals surface area contributed by atoms with Crippen LogP contribution in [0.3, 0.4) is 0 Å². The quantitative estimate of drug-likeness (QED) is 0.739. The standard InChI is InChI=1S/C13H18O2/c1-9(2)11-4-6-12(7-5-11)13-14-8-10(3)15-13/h4-7,9-10,13H,8H2,1-3H3. The molecule has 1 aliphatic rings. The van der Waals surface area contributed by atoms with Crippen molar-refractivity contribution in [2.24, 2.45) is 0 Å². The molecule has 2 rings (SSSR count). The van der Waals surface area contributed by atoms with Crippen LogP contribution in [0.5, 0.6) is 0 Å². The highest BCUT2D eigenvalue weighted by molar-refractivity contribution is 5.25. The zero-order valence-corrected chi connectivity index (χ0v) is 9.57. The smallest absolute Gasteiger partial charge is 0.184 e. The van der Waals surface area contributed by atoms with Crippen molar-refractivity contribution in [2.75, 3.05) is 6.61 Å². The molecule has 1 aromatic carbocycles. The molecule has 0 aromatic heterocycles. The molecule has 0 N–H and O–H groups in total. The Morgan fingerprint density at radius 2 is 1.87 bits per heavy atom. The second kappa shape index (κ2) is 4.33. The minimum absolute atomic E-state index is 0.166. The molecule has 2 nitrogen and oxygen atoms in total. The SMILES string of the molecule is CC1COC(c2ccc(C(C)C)cc2)O1. The Morgan fingerprint density at radius 3 is 2.33 bits per heavy atom. The van der Waals surface area contributed by atoms with Crippen LogP contribution < -0.4 is 0 Å². The van der Waals surface area contributed by atoms with E-state index >= 15 is 0 Å². The van der Waals surface area contributed by atoms with E-state index in [1.54, 1.807) is 0 Å². The van der Waals surface area contributed by atoms with Gasteiger partial charge in [-0.15, -0.1) is 0 Å². The Kier molecular flexibility index (Phi) is 3.08. The minimum atomic E-state index is -0.166. The van der Waals surface area contributed by atoms with Crippen molar-refractivity contribution in [1.29, 1.82) is 0 Å². The summed E-state index contributed by atoms with van der Waals surface area (Å²) in [5.74, 6) is 0.573. The van der Waals surface area contributed by atoms with Gasteiger partial charge in [-0.1, -0.05) is 38.1 Å². The van der Waals surface area contributed by atoms with E-state index in [9.17, 15) is 0 Å². The van der Waals surface area contributed by atoms with Crippen LogP contribution in [-0.4, -0.2) is 12.7 Å². The van der Waals surface area contributed by atoms with Crippen LogP contribution in [0.1, 0.15) is 44.1 Å². The predicted molar refractivity (Wildman–Crippen MR) is 59.8 cm³/mol. The molecule has 1 aliphatic heterocycles. The number of rotatable bonds is 2. The van der Waals surface area contributed by atoms with Gasteiger partial charge in [0.15, 0.2) is 6.29 Å². The van der Waals surface area contributed by atoms with E-state index in [0.29, 0.717) is 12.5 Å². The van der Waals surface area contributed by atoms with E-state index in [2.05, 4.69) is 38.1 Å². The topological polar surface area (TPSA) is 18.5 Å². The molecule has 0 amide bonds. The van der Waals surface area contributed by atoms with Crippen molar-refractivity contribution in [1.82, 2.24) is 0 Å². The lowest BCUT2D eigenvalue weighted by molar-refractivity contribution is -0.0572. The summed E-state index contributed by atoms with van der Waals surface area (Å²) >= 11 is 0. The summed E-state index contributed by atoms with van der Waals surface area (Å²) in [6, 6.07) is 8.49. The van der Waals surface area contributed by atoms with Crippen LogP contribution in [0.4, 0.5) is 0 Å². The first kappa shape index (κ1) is 10.7. The molecule has 0 saturated carbocycles. The molecular weight excluding hydrogens is 188 g/mol. The van der Waals surface area contributed by atoms with Crippen LogP contribution in [0, 0.1) is 0 Å². The largest absolute Gasteiger partial charge is 0.346 e. The van der Waals surface area contributed by atoms with Gasteiger partial charge < -0.3 is 9.47 Å². The molecule has 1 fully saturated rings. The van der Waals surface area contributed by atoms with Crippen LogP contribution in [0.2, 0.25) is 0 Å². The molecule has 0 aliphatic carbocycles. The fourth-order valence-electron chi connectivity index (χ4n) is 1.73. The molecule has 82 valence electrons. The summed E-state index contributed by atoms with van der Waals surface area (Å²) in [5, 5.41) is 0. The summed E-state index contributed by atoms with van der Waals surface area (Å²) < 4.78 is 11.2. The second-order valence-corrected chi connectivity index (χ2v) is 4.43. The van der Waals surface area contributed by atoms with Gasteiger partial charge in [0.1, 0.15) is 0 Å². The molecule has 1 saturated heterocycles. The highest BCUT2D eigenvalue weighted by Gasteiger charge is 2.23. The van der Waals surface area contributed by atoms with Gasteiger partial charge in [-0.25, -0.2) is 0 Å². The highest BCUT2D eigenvalue weighted by Crippen LogP contribution is 2.27. The molecule has 1 heterocycles. The van der Waals surface area contributed by atoms with Crippen molar-refractivity contribution in [3.05, 3.63) is 35.4 Å². The van der Waals surface area contributed by atoms with Crippen LogP contribution in [0.25, 0.3) is 0 Å². The van der Waals surface area contributed by atoms with E-state index in [-0.39, 0.29) is 12.4 Å². The third-order valence-corrected chi connectivity index (χ3v) is 2.71. The Hall–Kier alpha value is -0.860.